The molecule has 104 valence electrons. The van der Waals surface area contributed by atoms with Crippen molar-refractivity contribution in [2.45, 2.75) is 38.8 Å². The zero-order chi connectivity index (χ0) is 13.7. The molecule has 0 saturated heterocycles. The smallest absolute Gasteiger partial charge is 0.341 e. The van der Waals surface area contributed by atoms with Crippen LogP contribution in [0.2, 0.25) is 0 Å². The van der Waals surface area contributed by atoms with Crippen molar-refractivity contribution in [1.82, 2.24) is 15.1 Å². The van der Waals surface area contributed by atoms with Gasteiger partial charge < -0.3 is 10.1 Å². The third-order valence-corrected chi connectivity index (χ3v) is 3.38. The van der Waals surface area contributed by atoms with Crippen LogP contribution < -0.4 is 5.32 Å². The van der Waals surface area contributed by atoms with Gasteiger partial charge in [-0.3, -0.25) is 4.68 Å². The summed E-state index contributed by atoms with van der Waals surface area (Å²) in [6.07, 6.45) is 9.31. The molecule has 0 bridgehead atoms. The SMILES string of the molecule is CCOC(=O)c1cnn(C)c1CNC1CC=CCC1. The van der Waals surface area contributed by atoms with E-state index < -0.39 is 0 Å². The van der Waals surface area contributed by atoms with E-state index in [1.165, 1.54) is 0 Å². The van der Waals surface area contributed by atoms with Gasteiger partial charge >= 0.3 is 5.97 Å². The summed E-state index contributed by atoms with van der Waals surface area (Å²) in [7, 11) is 1.85. The topological polar surface area (TPSA) is 56.1 Å². The Kier molecular flexibility index (Phi) is 4.74. The number of allylic oxidation sites excluding steroid dienone is 1. The van der Waals surface area contributed by atoms with Crippen LogP contribution in [0.5, 0.6) is 0 Å². The fraction of sp³-hybridized carbons (Fsp3) is 0.571. The van der Waals surface area contributed by atoms with E-state index >= 15 is 0 Å². The number of hydrogen-bond acceptors (Lipinski definition) is 4. The van der Waals surface area contributed by atoms with Crippen molar-refractivity contribution in [3.63, 3.8) is 0 Å². The minimum Gasteiger partial charge on any atom is -0.462 e. The van der Waals surface area contributed by atoms with Gasteiger partial charge in [0.05, 0.1) is 18.5 Å². The maximum absolute atomic E-state index is 11.8. The highest BCUT2D eigenvalue weighted by molar-refractivity contribution is 5.90. The first kappa shape index (κ1) is 13.8. The molecule has 0 aliphatic heterocycles. The standard InChI is InChI=1S/C14H21N3O2/c1-3-19-14(18)12-9-16-17(2)13(12)10-15-11-7-5-4-6-8-11/h4-5,9,11,15H,3,6-8,10H2,1-2H3. The van der Waals surface area contributed by atoms with E-state index in [1.807, 2.05) is 7.05 Å². The number of rotatable bonds is 5. The Morgan fingerprint density at radius 2 is 2.42 bits per heavy atom. The number of ether oxygens (including phenoxy) is 1. The quantitative estimate of drug-likeness (QED) is 0.650. The highest BCUT2D eigenvalue weighted by Gasteiger charge is 2.18. The second kappa shape index (κ2) is 6.52. The minimum atomic E-state index is -0.295. The lowest BCUT2D eigenvalue weighted by Gasteiger charge is -2.19. The number of carbonyl (C=O) groups excluding carboxylic acids is 1. The fourth-order valence-corrected chi connectivity index (χ4v) is 2.27. The summed E-state index contributed by atoms with van der Waals surface area (Å²) in [4.78, 5) is 11.8. The Morgan fingerprint density at radius 1 is 1.58 bits per heavy atom. The zero-order valence-corrected chi connectivity index (χ0v) is 11.6. The minimum absolute atomic E-state index is 0.295. The van der Waals surface area contributed by atoms with Gasteiger partial charge in [-0.25, -0.2) is 4.79 Å². The predicted octanol–water partition coefficient (Wildman–Crippen LogP) is 1.80. The summed E-state index contributed by atoms with van der Waals surface area (Å²) in [5.41, 5.74) is 1.44. The molecule has 1 aliphatic carbocycles. The number of carbonyl (C=O) groups is 1. The molecule has 1 aromatic rings. The third-order valence-electron chi connectivity index (χ3n) is 3.38. The molecule has 19 heavy (non-hydrogen) atoms. The first-order valence-electron chi connectivity index (χ1n) is 6.78. The molecule has 1 aromatic heterocycles. The number of nitrogens with one attached hydrogen (secondary N) is 1. The Morgan fingerprint density at radius 3 is 3.11 bits per heavy atom. The first-order chi connectivity index (χ1) is 9.22. The number of aryl methyl sites for hydroxylation is 1. The van der Waals surface area contributed by atoms with Crippen LogP contribution in [0, 0.1) is 0 Å². The molecule has 1 unspecified atom stereocenters. The van der Waals surface area contributed by atoms with Crippen LogP contribution in [0.4, 0.5) is 0 Å². The number of nitrogens with zero attached hydrogens (tertiary/aromatic N) is 2. The first-order valence-corrected chi connectivity index (χ1v) is 6.78. The van der Waals surface area contributed by atoms with Gasteiger partial charge in [0.2, 0.25) is 0 Å². The van der Waals surface area contributed by atoms with Crippen LogP contribution in [0.1, 0.15) is 42.2 Å². The largest absolute Gasteiger partial charge is 0.462 e. The van der Waals surface area contributed by atoms with Crippen LogP contribution in [-0.2, 0) is 18.3 Å². The molecule has 1 N–H and O–H groups in total. The van der Waals surface area contributed by atoms with Crippen molar-refractivity contribution in [2.24, 2.45) is 7.05 Å². The van der Waals surface area contributed by atoms with Crippen LogP contribution >= 0.6 is 0 Å². The number of hydrogen-bond donors (Lipinski definition) is 1. The molecule has 5 nitrogen and oxygen atoms in total. The zero-order valence-electron chi connectivity index (χ0n) is 11.6. The Bertz CT molecular complexity index is 465. The van der Waals surface area contributed by atoms with Gasteiger partial charge in [-0.15, -0.1) is 0 Å². The Labute approximate surface area is 113 Å². The van der Waals surface area contributed by atoms with Crippen LogP contribution in [-0.4, -0.2) is 28.4 Å². The van der Waals surface area contributed by atoms with Gasteiger partial charge in [0, 0.05) is 19.6 Å². The molecule has 0 fully saturated rings. The molecule has 0 aromatic carbocycles. The van der Waals surface area contributed by atoms with E-state index in [9.17, 15) is 4.79 Å². The lowest BCUT2D eigenvalue weighted by molar-refractivity contribution is 0.0524. The van der Waals surface area contributed by atoms with Gasteiger partial charge in [0.15, 0.2) is 0 Å². The number of aromatic nitrogens is 2. The van der Waals surface area contributed by atoms with Crippen LogP contribution in [0.15, 0.2) is 18.3 Å². The van der Waals surface area contributed by atoms with Gasteiger partial charge in [0.25, 0.3) is 0 Å². The molecular weight excluding hydrogens is 242 g/mol. The third kappa shape index (κ3) is 3.44. The normalized spacial score (nSPS) is 18.5. The molecule has 1 heterocycles. The van der Waals surface area contributed by atoms with E-state index in [-0.39, 0.29) is 5.97 Å². The highest BCUT2D eigenvalue weighted by Crippen LogP contribution is 2.13. The molecule has 0 saturated carbocycles. The van der Waals surface area contributed by atoms with Gasteiger partial charge in [-0.2, -0.15) is 5.10 Å². The van der Waals surface area contributed by atoms with Crippen molar-refractivity contribution < 1.29 is 9.53 Å². The molecule has 0 radical (unpaired) electrons. The summed E-state index contributed by atoms with van der Waals surface area (Å²) in [6, 6.07) is 0.481. The Balaban J connectivity index is 2.00. The molecular formula is C14H21N3O2. The van der Waals surface area contributed by atoms with E-state index in [0.29, 0.717) is 24.8 Å². The van der Waals surface area contributed by atoms with Gasteiger partial charge in [0.1, 0.15) is 5.56 Å². The Hall–Kier alpha value is -1.62. The summed E-state index contributed by atoms with van der Waals surface area (Å²) < 4.78 is 6.78. The van der Waals surface area contributed by atoms with Crippen LogP contribution in [0.3, 0.4) is 0 Å². The molecule has 1 atom stereocenters. The molecule has 1 aliphatic rings. The monoisotopic (exact) mass is 263 g/mol. The molecule has 5 heteroatoms. The van der Waals surface area contributed by atoms with Gasteiger partial charge in [-0.05, 0) is 26.2 Å². The van der Waals surface area contributed by atoms with Crippen LogP contribution in [0.25, 0.3) is 0 Å². The van der Waals surface area contributed by atoms with E-state index in [4.69, 9.17) is 4.74 Å². The van der Waals surface area contributed by atoms with Crippen molar-refractivity contribution in [2.75, 3.05) is 6.61 Å². The van der Waals surface area contributed by atoms with Crippen molar-refractivity contribution >= 4 is 5.97 Å². The average Bonchev–Trinajstić information content (AvgIpc) is 2.79. The second-order valence-electron chi connectivity index (χ2n) is 4.71. The summed E-state index contributed by atoms with van der Waals surface area (Å²) in [6.45, 7) is 2.83. The van der Waals surface area contributed by atoms with Crippen molar-refractivity contribution in [3.05, 3.63) is 29.6 Å². The predicted molar refractivity (Wildman–Crippen MR) is 72.8 cm³/mol. The fourth-order valence-electron chi connectivity index (χ4n) is 2.27. The van der Waals surface area contributed by atoms with Gasteiger partial charge in [-0.1, -0.05) is 12.2 Å². The highest BCUT2D eigenvalue weighted by atomic mass is 16.5. The maximum Gasteiger partial charge on any atom is 0.341 e. The lowest BCUT2D eigenvalue weighted by atomic mass is 10.0. The maximum atomic E-state index is 11.8. The van der Waals surface area contributed by atoms with E-state index in [2.05, 4.69) is 22.6 Å². The average molecular weight is 263 g/mol. The molecule has 2 rings (SSSR count). The molecule has 0 amide bonds. The van der Waals surface area contributed by atoms with E-state index in [0.717, 1.165) is 25.0 Å². The van der Waals surface area contributed by atoms with E-state index in [1.54, 1.807) is 17.8 Å². The van der Waals surface area contributed by atoms with Crippen molar-refractivity contribution in [3.8, 4) is 0 Å². The van der Waals surface area contributed by atoms with Crippen molar-refractivity contribution in [1.29, 1.82) is 0 Å². The summed E-state index contributed by atoms with van der Waals surface area (Å²) >= 11 is 0. The second-order valence-corrected chi connectivity index (χ2v) is 4.71. The number of esters is 1. The summed E-state index contributed by atoms with van der Waals surface area (Å²) in [5, 5.41) is 7.63. The summed E-state index contributed by atoms with van der Waals surface area (Å²) in [5.74, 6) is -0.295. The molecule has 0 spiro atoms. The lowest BCUT2D eigenvalue weighted by Crippen LogP contribution is -2.30.